The Bertz CT molecular complexity index is 289. The van der Waals surface area contributed by atoms with Gasteiger partial charge in [0.1, 0.15) is 18.9 Å². The summed E-state index contributed by atoms with van der Waals surface area (Å²) in [6, 6.07) is 4.22. The van der Waals surface area contributed by atoms with E-state index in [1.165, 1.54) is 11.1 Å². The van der Waals surface area contributed by atoms with Gasteiger partial charge in [0.05, 0.1) is 11.5 Å². The molecule has 0 saturated carbocycles. The second-order valence-electron chi connectivity index (χ2n) is 3.44. The van der Waals surface area contributed by atoms with Crippen molar-refractivity contribution in [3.05, 3.63) is 27.7 Å². The second kappa shape index (κ2) is 5.37. The van der Waals surface area contributed by atoms with Crippen molar-refractivity contribution in [3.8, 4) is 5.75 Å². The van der Waals surface area contributed by atoms with Crippen molar-refractivity contribution in [1.29, 1.82) is 0 Å². The van der Waals surface area contributed by atoms with Crippen LogP contribution >= 0.6 is 15.9 Å². The fraction of sp³-hybridized carbons (Fsp3) is 0.455. The molecular formula is C11H17BrNO+. The molecule has 0 fully saturated rings. The van der Waals surface area contributed by atoms with Crippen molar-refractivity contribution in [2.24, 2.45) is 0 Å². The number of halogens is 1. The summed E-state index contributed by atoms with van der Waals surface area (Å²) in [7, 11) is 2.04. The highest BCUT2D eigenvalue weighted by molar-refractivity contribution is 9.10. The van der Waals surface area contributed by atoms with Gasteiger partial charge in [-0.25, -0.2) is 0 Å². The van der Waals surface area contributed by atoms with Gasteiger partial charge in [-0.05, 0) is 47.0 Å². The number of rotatable bonds is 4. The third kappa shape index (κ3) is 3.00. The highest BCUT2D eigenvalue weighted by Crippen LogP contribution is 2.29. The van der Waals surface area contributed by atoms with Crippen molar-refractivity contribution in [2.45, 2.75) is 13.8 Å². The largest absolute Gasteiger partial charge is 0.486 e. The second-order valence-corrected chi connectivity index (χ2v) is 4.29. The zero-order valence-electron chi connectivity index (χ0n) is 8.93. The summed E-state index contributed by atoms with van der Waals surface area (Å²) < 4.78 is 6.73. The van der Waals surface area contributed by atoms with E-state index in [2.05, 4.69) is 47.2 Å². The normalized spacial score (nSPS) is 10.3. The van der Waals surface area contributed by atoms with Crippen LogP contribution in [0.4, 0.5) is 0 Å². The smallest absolute Gasteiger partial charge is 0.137 e. The third-order valence-corrected chi connectivity index (χ3v) is 2.62. The van der Waals surface area contributed by atoms with Crippen LogP contribution in [0.3, 0.4) is 0 Å². The summed E-state index contributed by atoms with van der Waals surface area (Å²) in [6.07, 6.45) is 0. The van der Waals surface area contributed by atoms with Crippen LogP contribution < -0.4 is 10.1 Å². The maximum atomic E-state index is 5.68. The van der Waals surface area contributed by atoms with E-state index in [-0.39, 0.29) is 0 Å². The van der Waals surface area contributed by atoms with Gasteiger partial charge in [0.15, 0.2) is 0 Å². The van der Waals surface area contributed by atoms with Crippen LogP contribution in [-0.2, 0) is 0 Å². The molecule has 0 radical (unpaired) electrons. The molecule has 0 unspecified atom stereocenters. The monoisotopic (exact) mass is 258 g/mol. The minimum absolute atomic E-state index is 0.749. The Labute approximate surface area is 93.8 Å². The molecule has 0 aliphatic carbocycles. The lowest BCUT2D eigenvalue weighted by molar-refractivity contribution is -0.627. The van der Waals surface area contributed by atoms with Crippen LogP contribution in [0.1, 0.15) is 11.1 Å². The van der Waals surface area contributed by atoms with Crippen LogP contribution in [0, 0.1) is 13.8 Å². The number of aryl methyl sites for hydroxylation is 2. The van der Waals surface area contributed by atoms with E-state index in [9.17, 15) is 0 Å². The number of ether oxygens (including phenoxy) is 1. The molecule has 0 aromatic heterocycles. The Hall–Kier alpha value is -0.540. The predicted octanol–water partition coefficient (Wildman–Crippen LogP) is 1.64. The summed E-state index contributed by atoms with van der Waals surface area (Å²) in [4.78, 5) is 0. The molecule has 1 aromatic carbocycles. The number of hydrogen-bond donors (Lipinski definition) is 1. The maximum Gasteiger partial charge on any atom is 0.137 e. The van der Waals surface area contributed by atoms with E-state index >= 15 is 0 Å². The fourth-order valence-electron chi connectivity index (χ4n) is 1.36. The molecule has 2 nitrogen and oxygen atoms in total. The number of nitrogens with two attached hydrogens (primary N) is 1. The summed E-state index contributed by atoms with van der Waals surface area (Å²) in [5.74, 6) is 0.970. The van der Waals surface area contributed by atoms with Crippen molar-refractivity contribution in [2.75, 3.05) is 20.2 Å². The molecule has 78 valence electrons. The van der Waals surface area contributed by atoms with E-state index in [1.807, 2.05) is 7.05 Å². The fourth-order valence-corrected chi connectivity index (χ4v) is 2.15. The molecule has 1 rings (SSSR count). The zero-order valence-corrected chi connectivity index (χ0v) is 10.5. The van der Waals surface area contributed by atoms with Gasteiger partial charge in [0.25, 0.3) is 0 Å². The van der Waals surface area contributed by atoms with Crippen molar-refractivity contribution in [3.63, 3.8) is 0 Å². The Balaban J connectivity index is 2.75. The van der Waals surface area contributed by atoms with Crippen LogP contribution in [0.15, 0.2) is 16.6 Å². The first-order valence-electron chi connectivity index (χ1n) is 4.82. The molecule has 0 amide bonds. The molecule has 0 saturated heterocycles. The van der Waals surface area contributed by atoms with Gasteiger partial charge in [-0.1, -0.05) is 6.07 Å². The van der Waals surface area contributed by atoms with Crippen molar-refractivity contribution in [1.82, 2.24) is 0 Å². The van der Waals surface area contributed by atoms with Gasteiger partial charge in [-0.15, -0.1) is 0 Å². The lowest BCUT2D eigenvalue weighted by Crippen LogP contribution is -2.80. The van der Waals surface area contributed by atoms with Gasteiger partial charge in [0.2, 0.25) is 0 Å². The van der Waals surface area contributed by atoms with Crippen LogP contribution in [0.25, 0.3) is 0 Å². The minimum Gasteiger partial charge on any atom is -0.486 e. The Morgan fingerprint density at radius 3 is 2.64 bits per heavy atom. The van der Waals surface area contributed by atoms with E-state index in [0.717, 1.165) is 23.4 Å². The molecule has 0 aliphatic heterocycles. The quantitative estimate of drug-likeness (QED) is 0.817. The van der Waals surface area contributed by atoms with Crippen LogP contribution in [0.2, 0.25) is 0 Å². The molecule has 0 aliphatic rings. The van der Waals surface area contributed by atoms with E-state index < -0.39 is 0 Å². The van der Waals surface area contributed by atoms with E-state index in [1.54, 1.807) is 0 Å². The standard InChI is InChI=1S/C11H16BrNO/c1-8-6-9(2)11(10(12)7-8)14-5-4-13-3/h6-7,13H,4-5H2,1-3H3/p+1. The molecule has 2 N–H and O–H groups in total. The van der Waals surface area contributed by atoms with Crippen LogP contribution in [0.5, 0.6) is 5.75 Å². The summed E-state index contributed by atoms with van der Waals surface area (Å²) in [5, 5.41) is 2.11. The Morgan fingerprint density at radius 1 is 1.36 bits per heavy atom. The summed E-state index contributed by atoms with van der Waals surface area (Å²) in [6.45, 7) is 5.89. The highest BCUT2D eigenvalue weighted by Gasteiger charge is 2.05. The SMILES string of the molecule is C[NH2+]CCOc1c(C)cc(C)cc1Br. The Morgan fingerprint density at radius 2 is 2.07 bits per heavy atom. The topological polar surface area (TPSA) is 25.8 Å². The summed E-state index contributed by atoms with van der Waals surface area (Å²) >= 11 is 3.51. The zero-order chi connectivity index (χ0) is 10.6. The Kier molecular flexibility index (Phi) is 4.42. The molecular weight excluding hydrogens is 242 g/mol. The lowest BCUT2D eigenvalue weighted by atomic mass is 10.1. The molecule has 3 heteroatoms. The first kappa shape index (κ1) is 11.5. The number of benzene rings is 1. The first-order chi connectivity index (χ1) is 6.65. The molecule has 1 aromatic rings. The molecule has 0 bridgehead atoms. The van der Waals surface area contributed by atoms with Gasteiger partial charge in [-0.3, -0.25) is 0 Å². The number of hydrogen-bond acceptors (Lipinski definition) is 1. The molecule has 0 atom stereocenters. The first-order valence-corrected chi connectivity index (χ1v) is 5.62. The van der Waals surface area contributed by atoms with Crippen molar-refractivity contribution < 1.29 is 10.1 Å². The molecule has 0 spiro atoms. The highest BCUT2D eigenvalue weighted by atomic mass is 79.9. The van der Waals surface area contributed by atoms with E-state index in [0.29, 0.717) is 0 Å². The summed E-state index contributed by atoms with van der Waals surface area (Å²) in [5.41, 5.74) is 2.44. The van der Waals surface area contributed by atoms with E-state index in [4.69, 9.17) is 4.74 Å². The third-order valence-electron chi connectivity index (χ3n) is 2.03. The minimum atomic E-state index is 0.749. The number of likely N-dealkylation sites (N-methyl/N-ethyl adjacent to an activating group) is 1. The van der Waals surface area contributed by atoms with Gasteiger partial charge in [-0.2, -0.15) is 0 Å². The van der Waals surface area contributed by atoms with Gasteiger partial charge < -0.3 is 10.1 Å². The number of quaternary nitrogens is 1. The maximum absolute atomic E-state index is 5.68. The molecule has 14 heavy (non-hydrogen) atoms. The van der Waals surface area contributed by atoms with Crippen LogP contribution in [-0.4, -0.2) is 20.2 Å². The molecule has 0 heterocycles. The lowest BCUT2D eigenvalue weighted by Gasteiger charge is -2.10. The predicted molar refractivity (Wildman–Crippen MR) is 61.8 cm³/mol. The van der Waals surface area contributed by atoms with Crippen molar-refractivity contribution >= 4 is 15.9 Å². The average Bonchev–Trinajstić information content (AvgIpc) is 2.09. The van der Waals surface area contributed by atoms with Gasteiger partial charge in [0, 0.05) is 0 Å². The average molecular weight is 259 g/mol. The van der Waals surface area contributed by atoms with Gasteiger partial charge >= 0.3 is 0 Å².